The van der Waals surface area contributed by atoms with Gasteiger partial charge in [0.2, 0.25) is 0 Å². The van der Waals surface area contributed by atoms with Crippen molar-refractivity contribution in [2.24, 2.45) is 0 Å². The van der Waals surface area contributed by atoms with Gasteiger partial charge in [-0.05, 0) is 31.2 Å². The van der Waals surface area contributed by atoms with Crippen molar-refractivity contribution in [3.8, 4) is 5.75 Å². The van der Waals surface area contributed by atoms with Crippen LogP contribution in [-0.4, -0.2) is 26.4 Å². The van der Waals surface area contributed by atoms with Crippen LogP contribution in [0, 0.1) is 0 Å². The van der Waals surface area contributed by atoms with Crippen molar-refractivity contribution in [1.82, 2.24) is 5.32 Å². The number of ether oxygens (including phenoxy) is 2. The van der Waals surface area contributed by atoms with E-state index >= 15 is 0 Å². The summed E-state index contributed by atoms with van der Waals surface area (Å²) in [6.45, 7) is 5.70. The molecule has 0 saturated carbocycles. The van der Waals surface area contributed by atoms with Crippen LogP contribution in [-0.2, 0) is 17.5 Å². The van der Waals surface area contributed by atoms with Crippen molar-refractivity contribution in [3.63, 3.8) is 0 Å². The largest absolute Gasteiger partial charge is 0.491 e. The molecule has 0 unspecified atom stereocenters. The van der Waals surface area contributed by atoms with E-state index in [2.05, 4.69) is 5.32 Å². The minimum absolute atomic E-state index is 0.101. The third-order valence-electron chi connectivity index (χ3n) is 2.62. The first-order valence-corrected chi connectivity index (χ1v) is 6.60. The van der Waals surface area contributed by atoms with Crippen molar-refractivity contribution >= 4 is 0 Å². The van der Waals surface area contributed by atoms with Crippen molar-refractivity contribution in [3.05, 3.63) is 29.3 Å². The summed E-state index contributed by atoms with van der Waals surface area (Å²) in [4.78, 5) is 0. The highest BCUT2D eigenvalue weighted by atomic mass is 19.4. The number of rotatable bonds is 8. The molecule has 0 aliphatic carbocycles. The van der Waals surface area contributed by atoms with Crippen LogP contribution in [0.1, 0.15) is 25.0 Å². The maximum atomic E-state index is 13.0. The summed E-state index contributed by atoms with van der Waals surface area (Å²) in [5.41, 5.74) is -0.166. The van der Waals surface area contributed by atoms with Gasteiger partial charge in [0.15, 0.2) is 0 Å². The van der Waals surface area contributed by atoms with Crippen LogP contribution >= 0.6 is 0 Å². The third kappa shape index (κ3) is 5.38. The van der Waals surface area contributed by atoms with Crippen molar-refractivity contribution < 1.29 is 22.6 Å². The maximum Gasteiger partial charge on any atom is 0.419 e. The zero-order valence-electron chi connectivity index (χ0n) is 11.7. The molecular weight excluding hydrogens is 271 g/mol. The molecule has 0 amide bonds. The van der Waals surface area contributed by atoms with Gasteiger partial charge in [-0.15, -0.1) is 0 Å². The quantitative estimate of drug-likeness (QED) is 0.746. The molecule has 0 fully saturated rings. The molecule has 0 aromatic heterocycles. The summed E-state index contributed by atoms with van der Waals surface area (Å²) in [5.74, 6) is -0.155. The number of benzene rings is 1. The van der Waals surface area contributed by atoms with E-state index in [-0.39, 0.29) is 19.0 Å². The van der Waals surface area contributed by atoms with E-state index in [4.69, 9.17) is 9.47 Å². The molecule has 0 aliphatic rings. The van der Waals surface area contributed by atoms with Gasteiger partial charge in [-0.3, -0.25) is 0 Å². The van der Waals surface area contributed by atoms with Crippen LogP contribution in [0.2, 0.25) is 0 Å². The lowest BCUT2D eigenvalue weighted by atomic mass is 10.1. The van der Waals surface area contributed by atoms with Gasteiger partial charge in [-0.25, -0.2) is 0 Å². The Morgan fingerprint density at radius 2 is 1.90 bits per heavy atom. The first kappa shape index (κ1) is 16.8. The smallest absolute Gasteiger partial charge is 0.419 e. The van der Waals surface area contributed by atoms with Gasteiger partial charge in [0.25, 0.3) is 0 Å². The first-order chi connectivity index (χ1) is 9.49. The number of halogens is 3. The molecule has 0 atom stereocenters. The lowest BCUT2D eigenvalue weighted by Gasteiger charge is -2.15. The zero-order chi connectivity index (χ0) is 15.0. The van der Waals surface area contributed by atoms with Gasteiger partial charge in [0, 0.05) is 13.2 Å². The number of hydrogen-bond donors (Lipinski definition) is 1. The standard InChI is InChI=1S/C14H20F3NO2/c1-3-18-10-11-5-6-13(20-8-7-19-4-2)12(9-11)14(15,16)17/h5-6,9,18H,3-4,7-8,10H2,1-2H3. The fourth-order valence-electron chi connectivity index (χ4n) is 1.66. The molecule has 0 spiro atoms. The second-order valence-electron chi connectivity index (χ2n) is 4.15. The molecular formula is C14H20F3NO2. The second-order valence-corrected chi connectivity index (χ2v) is 4.15. The molecule has 1 aromatic carbocycles. The van der Waals surface area contributed by atoms with E-state index in [0.717, 1.165) is 6.07 Å². The highest BCUT2D eigenvalue weighted by Gasteiger charge is 2.34. The van der Waals surface area contributed by atoms with E-state index in [9.17, 15) is 13.2 Å². The molecule has 0 radical (unpaired) electrons. The zero-order valence-corrected chi connectivity index (χ0v) is 11.7. The Bertz CT molecular complexity index is 408. The molecule has 0 bridgehead atoms. The van der Waals surface area contributed by atoms with Gasteiger partial charge in [-0.2, -0.15) is 13.2 Å². The van der Waals surface area contributed by atoms with E-state index < -0.39 is 11.7 Å². The fraction of sp³-hybridized carbons (Fsp3) is 0.571. The molecule has 114 valence electrons. The maximum absolute atomic E-state index is 13.0. The average molecular weight is 291 g/mol. The lowest BCUT2D eigenvalue weighted by Crippen LogP contribution is -2.15. The number of hydrogen-bond acceptors (Lipinski definition) is 3. The number of alkyl halides is 3. The van der Waals surface area contributed by atoms with Gasteiger partial charge in [0.05, 0.1) is 12.2 Å². The lowest BCUT2D eigenvalue weighted by molar-refractivity contribution is -0.139. The molecule has 0 heterocycles. The Balaban J connectivity index is 2.81. The summed E-state index contributed by atoms with van der Waals surface area (Å²) >= 11 is 0. The summed E-state index contributed by atoms with van der Waals surface area (Å²) in [5, 5.41) is 2.99. The third-order valence-corrected chi connectivity index (χ3v) is 2.62. The second kappa shape index (κ2) is 8.11. The van der Waals surface area contributed by atoms with Crippen LogP contribution in [0.15, 0.2) is 18.2 Å². The van der Waals surface area contributed by atoms with Gasteiger partial charge < -0.3 is 14.8 Å². The minimum atomic E-state index is -4.43. The van der Waals surface area contributed by atoms with Crippen LogP contribution in [0.3, 0.4) is 0 Å². The first-order valence-electron chi connectivity index (χ1n) is 6.60. The Hall–Kier alpha value is -1.27. The van der Waals surface area contributed by atoms with Crippen LogP contribution < -0.4 is 10.1 Å². The van der Waals surface area contributed by atoms with E-state index in [1.807, 2.05) is 13.8 Å². The molecule has 3 nitrogen and oxygen atoms in total. The van der Waals surface area contributed by atoms with Gasteiger partial charge in [0.1, 0.15) is 12.4 Å². The molecule has 1 rings (SSSR count). The fourth-order valence-corrected chi connectivity index (χ4v) is 1.66. The van der Waals surface area contributed by atoms with E-state index in [1.54, 1.807) is 6.07 Å². The summed E-state index contributed by atoms with van der Waals surface area (Å²) in [7, 11) is 0. The predicted molar refractivity (Wildman–Crippen MR) is 70.8 cm³/mol. The van der Waals surface area contributed by atoms with Crippen molar-refractivity contribution in [2.45, 2.75) is 26.6 Å². The monoisotopic (exact) mass is 291 g/mol. The molecule has 6 heteroatoms. The van der Waals surface area contributed by atoms with E-state index in [0.29, 0.717) is 25.3 Å². The minimum Gasteiger partial charge on any atom is -0.491 e. The normalized spacial score (nSPS) is 11.7. The average Bonchev–Trinajstić information content (AvgIpc) is 2.41. The SMILES string of the molecule is CCNCc1ccc(OCCOCC)c(C(F)(F)F)c1. The molecule has 0 aliphatic heterocycles. The van der Waals surface area contributed by atoms with Crippen molar-refractivity contribution in [2.75, 3.05) is 26.4 Å². The molecule has 1 N–H and O–H groups in total. The summed E-state index contributed by atoms with van der Waals surface area (Å²) in [6, 6.07) is 4.12. The molecule has 1 aromatic rings. The van der Waals surface area contributed by atoms with Crippen LogP contribution in [0.4, 0.5) is 13.2 Å². The predicted octanol–water partition coefficient (Wildman–Crippen LogP) is 3.23. The Morgan fingerprint density at radius 1 is 1.15 bits per heavy atom. The van der Waals surface area contributed by atoms with Crippen LogP contribution in [0.25, 0.3) is 0 Å². The summed E-state index contributed by atoms with van der Waals surface area (Å²) < 4.78 is 49.2. The van der Waals surface area contributed by atoms with Crippen LogP contribution in [0.5, 0.6) is 5.75 Å². The Kier molecular flexibility index (Phi) is 6.81. The van der Waals surface area contributed by atoms with E-state index in [1.165, 1.54) is 6.07 Å². The highest BCUT2D eigenvalue weighted by Crippen LogP contribution is 2.36. The Labute approximate surface area is 117 Å². The van der Waals surface area contributed by atoms with Gasteiger partial charge >= 0.3 is 6.18 Å². The van der Waals surface area contributed by atoms with Gasteiger partial charge in [-0.1, -0.05) is 13.0 Å². The topological polar surface area (TPSA) is 30.5 Å². The summed E-state index contributed by atoms with van der Waals surface area (Å²) in [6.07, 6.45) is -4.43. The van der Waals surface area contributed by atoms with Crippen molar-refractivity contribution in [1.29, 1.82) is 0 Å². The number of nitrogens with one attached hydrogen (secondary N) is 1. The molecule has 20 heavy (non-hydrogen) atoms. The highest BCUT2D eigenvalue weighted by molar-refractivity contribution is 5.39. The Morgan fingerprint density at radius 3 is 2.50 bits per heavy atom. The molecule has 0 saturated heterocycles.